The molecule has 102 valence electrons. The van der Waals surface area contributed by atoms with Crippen molar-refractivity contribution >= 4 is 0 Å². The zero-order valence-electron chi connectivity index (χ0n) is 13.6. The van der Waals surface area contributed by atoms with Crippen LogP contribution in [0.25, 0.3) is 0 Å². The molecule has 0 N–H and O–H groups in total. The Hall–Kier alpha value is -0.820. The maximum absolute atomic E-state index is 2.45. The third-order valence-electron chi connectivity index (χ3n) is 4.90. The first-order valence-electron chi connectivity index (χ1n) is 6.98. The van der Waals surface area contributed by atoms with Gasteiger partial charge in [0.05, 0.1) is 0 Å². The van der Waals surface area contributed by atoms with Crippen LogP contribution in [0, 0.1) is 34.6 Å². The average Bonchev–Trinajstić information content (AvgIpc) is 2.32. The maximum atomic E-state index is 2.45. The monoisotopic (exact) mass is 247 g/mol. The van der Waals surface area contributed by atoms with Gasteiger partial charge in [0.2, 0.25) is 0 Å². The highest BCUT2D eigenvalue weighted by atomic mass is 15.1. The lowest BCUT2D eigenvalue weighted by Crippen LogP contribution is -2.30. The molecule has 0 fully saturated rings. The van der Waals surface area contributed by atoms with Gasteiger partial charge in [-0.2, -0.15) is 0 Å². The van der Waals surface area contributed by atoms with E-state index in [-0.39, 0.29) is 0 Å². The third kappa shape index (κ3) is 2.47. The number of hydrogen-bond acceptors (Lipinski definition) is 1. The minimum Gasteiger partial charge on any atom is -0.297 e. The van der Waals surface area contributed by atoms with Gasteiger partial charge in [0.1, 0.15) is 0 Å². The van der Waals surface area contributed by atoms with Crippen LogP contribution >= 0.6 is 0 Å². The second-order valence-electron chi connectivity index (χ2n) is 5.97. The van der Waals surface area contributed by atoms with Crippen LogP contribution in [0.2, 0.25) is 0 Å². The Labute approximate surface area is 113 Å². The Morgan fingerprint density at radius 3 is 1.33 bits per heavy atom. The van der Waals surface area contributed by atoms with Crippen LogP contribution in [0.1, 0.15) is 60.2 Å². The molecule has 0 heterocycles. The van der Waals surface area contributed by atoms with E-state index < -0.39 is 0 Å². The van der Waals surface area contributed by atoms with Gasteiger partial charge in [0.15, 0.2) is 0 Å². The Morgan fingerprint density at radius 1 is 0.667 bits per heavy atom. The van der Waals surface area contributed by atoms with Crippen LogP contribution in [-0.4, -0.2) is 18.0 Å². The van der Waals surface area contributed by atoms with Gasteiger partial charge in [-0.15, -0.1) is 0 Å². The summed E-state index contributed by atoms with van der Waals surface area (Å²) in [6.07, 6.45) is 0. The highest BCUT2D eigenvalue weighted by Gasteiger charge is 2.21. The van der Waals surface area contributed by atoms with Crippen molar-refractivity contribution in [2.45, 2.75) is 67.5 Å². The summed E-state index contributed by atoms with van der Waals surface area (Å²) in [6, 6.07) is 1.05. The topological polar surface area (TPSA) is 3.24 Å². The molecule has 0 amide bonds. The molecule has 0 aromatic heterocycles. The molecule has 0 aliphatic carbocycles. The summed E-state index contributed by atoms with van der Waals surface area (Å²) in [6.45, 7) is 18.1. The highest BCUT2D eigenvalue weighted by molar-refractivity contribution is 5.50. The molecule has 0 aliphatic heterocycles. The third-order valence-corrected chi connectivity index (χ3v) is 4.90. The van der Waals surface area contributed by atoms with Crippen LogP contribution in [0.5, 0.6) is 0 Å². The van der Waals surface area contributed by atoms with Gasteiger partial charge in [-0.25, -0.2) is 0 Å². The fourth-order valence-corrected chi connectivity index (χ4v) is 2.81. The van der Waals surface area contributed by atoms with E-state index in [0.29, 0.717) is 12.1 Å². The Morgan fingerprint density at radius 2 is 1.00 bits per heavy atom. The van der Waals surface area contributed by atoms with Gasteiger partial charge in [-0.1, -0.05) is 0 Å². The van der Waals surface area contributed by atoms with Gasteiger partial charge in [-0.3, -0.25) is 4.90 Å². The van der Waals surface area contributed by atoms with E-state index in [0.717, 1.165) is 0 Å². The highest BCUT2D eigenvalue weighted by Crippen LogP contribution is 2.33. The molecule has 1 aromatic carbocycles. The van der Waals surface area contributed by atoms with Crippen molar-refractivity contribution in [1.82, 2.24) is 4.90 Å². The Balaban J connectivity index is 3.42. The molecular formula is C17H29N. The molecule has 0 saturated heterocycles. The van der Waals surface area contributed by atoms with E-state index in [1.165, 1.54) is 33.4 Å². The molecule has 0 aliphatic rings. The van der Waals surface area contributed by atoms with Crippen molar-refractivity contribution in [3.63, 3.8) is 0 Å². The van der Waals surface area contributed by atoms with Crippen molar-refractivity contribution in [3.8, 4) is 0 Å². The van der Waals surface area contributed by atoms with E-state index in [1.807, 2.05) is 0 Å². The van der Waals surface area contributed by atoms with Gasteiger partial charge in [0, 0.05) is 12.1 Å². The lowest BCUT2D eigenvalue weighted by Gasteiger charge is -2.32. The SMILES string of the molecule is Cc1c(C)c(C)c(C(C)N(C)C(C)C)c(C)c1C. The van der Waals surface area contributed by atoms with Crippen molar-refractivity contribution in [2.24, 2.45) is 0 Å². The predicted molar refractivity (Wildman–Crippen MR) is 81.4 cm³/mol. The molecule has 0 bridgehead atoms. The summed E-state index contributed by atoms with van der Waals surface area (Å²) < 4.78 is 0. The fourth-order valence-electron chi connectivity index (χ4n) is 2.81. The van der Waals surface area contributed by atoms with Crippen molar-refractivity contribution in [1.29, 1.82) is 0 Å². The Bertz CT molecular complexity index is 414. The van der Waals surface area contributed by atoms with E-state index in [9.17, 15) is 0 Å². The molecule has 0 radical (unpaired) electrons. The quantitative estimate of drug-likeness (QED) is 0.752. The van der Waals surface area contributed by atoms with E-state index in [4.69, 9.17) is 0 Å². The molecule has 1 aromatic rings. The summed E-state index contributed by atoms with van der Waals surface area (Å²) in [4.78, 5) is 2.45. The van der Waals surface area contributed by atoms with Crippen LogP contribution in [0.15, 0.2) is 0 Å². The molecule has 0 spiro atoms. The van der Waals surface area contributed by atoms with Crippen molar-refractivity contribution < 1.29 is 0 Å². The molecular weight excluding hydrogens is 218 g/mol. The van der Waals surface area contributed by atoms with Crippen LogP contribution < -0.4 is 0 Å². The predicted octanol–water partition coefficient (Wildman–Crippen LogP) is 4.63. The Kier molecular flexibility index (Phi) is 4.61. The second-order valence-corrected chi connectivity index (χ2v) is 5.97. The van der Waals surface area contributed by atoms with E-state index >= 15 is 0 Å². The summed E-state index contributed by atoms with van der Waals surface area (Å²) in [5.74, 6) is 0. The molecule has 1 atom stereocenters. The first kappa shape index (κ1) is 15.2. The number of benzene rings is 1. The molecule has 18 heavy (non-hydrogen) atoms. The van der Waals surface area contributed by atoms with Gasteiger partial charge in [0.25, 0.3) is 0 Å². The summed E-state index contributed by atoms with van der Waals surface area (Å²) in [7, 11) is 2.22. The van der Waals surface area contributed by atoms with E-state index in [2.05, 4.69) is 67.3 Å². The number of nitrogens with zero attached hydrogens (tertiary/aromatic N) is 1. The molecule has 1 rings (SSSR count). The minimum absolute atomic E-state index is 0.475. The van der Waals surface area contributed by atoms with Gasteiger partial charge in [-0.05, 0) is 95.8 Å². The normalized spacial score (nSPS) is 13.5. The first-order valence-corrected chi connectivity index (χ1v) is 6.98. The number of rotatable bonds is 3. The summed E-state index contributed by atoms with van der Waals surface area (Å²) >= 11 is 0. The minimum atomic E-state index is 0.475. The smallest absolute Gasteiger partial charge is 0.0324 e. The van der Waals surface area contributed by atoms with Crippen molar-refractivity contribution in [3.05, 3.63) is 33.4 Å². The zero-order chi connectivity index (χ0) is 14.2. The van der Waals surface area contributed by atoms with Crippen LogP contribution in [-0.2, 0) is 0 Å². The van der Waals surface area contributed by atoms with Gasteiger partial charge < -0.3 is 0 Å². The zero-order valence-corrected chi connectivity index (χ0v) is 13.6. The van der Waals surface area contributed by atoms with Crippen molar-refractivity contribution in [2.75, 3.05) is 7.05 Å². The standard InChI is InChI=1S/C17H29N/c1-10(2)18(9)16(8)17-14(6)12(4)11(3)13(5)15(17)7/h10,16H,1-9H3. The molecule has 1 unspecified atom stereocenters. The first-order chi connectivity index (χ1) is 8.20. The van der Waals surface area contributed by atoms with E-state index in [1.54, 1.807) is 0 Å². The van der Waals surface area contributed by atoms with Crippen LogP contribution in [0.4, 0.5) is 0 Å². The maximum Gasteiger partial charge on any atom is 0.0324 e. The summed E-state index contributed by atoms with van der Waals surface area (Å²) in [5.41, 5.74) is 8.82. The van der Waals surface area contributed by atoms with Crippen LogP contribution in [0.3, 0.4) is 0 Å². The lowest BCUT2D eigenvalue weighted by atomic mass is 9.86. The average molecular weight is 247 g/mol. The largest absolute Gasteiger partial charge is 0.297 e. The lowest BCUT2D eigenvalue weighted by molar-refractivity contribution is 0.209. The summed E-state index contributed by atoms with van der Waals surface area (Å²) in [5, 5.41) is 0. The molecule has 1 heteroatoms. The molecule has 0 saturated carbocycles. The van der Waals surface area contributed by atoms with Gasteiger partial charge >= 0.3 is 0 Å². The molecule has 1 nitrogen and oxygen atoms in total. The number of hydrogen-bond donors (Lipinski definition) is 0. The fraction of sp³-hybridized carbons (Fsp3) is 0.647. The second kappa shape index (κ2) is 5.44.